The number of amides is 1. The molecule has 3 heteroatoms. The average molecular weight is 216 g/mol. The van der Waals surface area contributed by atoms with E-state index < -0.39 is 0 Å². The van der Waals surface area contributed by atoms with E-state index in [1.165, 1.54) is 38.5 Å². The van der Waals surface area contributed by atoms with Crippen molar-refractivity contribution in [1.82, 2.24) is 4.90 Å². The number of likely N-dealkylation sites (tertiary alicyclic amines) is 1. The second-order valence-corrected chi connectivity index (χ2v) is 4.74. The van der Waals surface area contributed by atoms with Crippen LogP contribution in [-0.4, -0.2) is 29.3 Å². The minimum atomic E-state index is 0.140. The zero-order chi connectivity index (χ0) is 9.97. The van der Waals surface area contributed by atoms with E-state index in [2.05, 4.69) is 0 Å². The predicted molar refractivity (Wildman–Crippen MR) is 57.4 cm³/mol. The van der Waals surface area contributed by atoms with E-state index in [9.17, 15) is 4.79 Å². The fourth-order valence-corrected chi connectivity index (χ4v) is 3.16. The zero-order valence-corrected chi connectivity index (χ0v) is 9.30. The number of halogens is 1. The van der Waals surface area contributed by atoms with Gasteiger partial charge in [-0.15, -0.1) is 11.6 Å². The third-order valence-corrected chi connectivity index (χ3v) is 3.91. The maximum Gasteiger partial charge on any atom is 0.237 e. The molecule has 80 valence electrons. The third kappa shape index (κ3) is 1.90. The molecule has 1 atom stereocenters. The molecule has 1 aliphatic carbocycles. The van der Waals surface area contributed by atoms with Crippen molar-refractivity contribution < 1.29 is 4.79 Å². The second kappa shape index (κ2) is 4.52. The van der Waals surface area contributed by atoms with Gasteiger partial charge in [0.2, 0.25) is 5.91 Å². The molecule has 0 aromatic heterocycles. The average Bonchev–Trinajstić information content (AvgIpc) is 2.85. The number of alkyl halides is 1. The lowest BCUT2D eigenvalue weighted by atomic mass is 9.96. The third-order valence-electron chi connectivity index (χ3n) is 3.68. The van der Waals surface area contributed by atoms with Crippen molar-refractivity contribution in [2.24, 2.45) is 5.92 Å². The first-order valence-corrected chi connectivity index (χ1v) is 6.22. The number of nitrogens with zero attached hydrogens (tertiary/aromatic N) is 1. The minimum Gasteiger partial charge on any atom is -0.338 e. The fraction of sp³-hybridized carbons (Fsp3) is 0.909. The smallest absolute Gasteiger partial charge is 0.237 e. The van der Waals surface area contributed by atoms with E-state index in [1.807, 2.05) is 4.90 Å². The highest BCUT2D eigenvalue weighted by Crippen LogP contribution is 2.35. The summed E-state index contributed by atoms with van der Waals surface area (Å²) in [6, 6.07) is 0.517. The Morgan fingerprint density at radius 2 is 1.93 bits per heavy atom. The van der Waals surface area contributed by atoms with Crippen molar-refractivity contribution in [2.45, 2.75) is 44.6 Å². The maximum atomic E-state index is 11.6. The normalized spacial score (nSPS) is 28.6. The molecule has 0 spiro atoms. The molecular weight excluding hydrogens is 198 g/mol. The SMILES string of the molecule is O=C(CCl)N1CCCC1C1CCCC1. The molecule has 1 aliphatic heterocycles. The summed E-state index contributed by atoms with van der Waals surface area (Å²) in [6.07, 6.45) is 7.71. The highest BCUT2D eigenvalue weighted by molar-refractivity contribution is 6.27. The van der Waals surface area contributed by atoms with Crippen LogP contribution in [0.1, 0.15) is 38.5 Å². The fourth-order valence-electron chi connectivity index (χ4n) is 3.01. The Kier molecular flexibility index (Phi) is 3.32. The molecule has 1 saturated heterocycles. The van der Waals surface area contributed by atoms with Crippen LogP contribution in [-0.2, 0) is 4.79 Å². The van der Waals surface area contributed by atoms with Gasteiger partial charge < -0.3 is 4.90 Å². The first-order chi connectivity index (χ1) is 6.83. The molecule has 2 fully saturated rings. The Balaban J connectivity index is 1.98. The van der Waals surface area contributed by atoms with Crippen molar-refractivity contribution in [2.75, 3.05) is 12.4 Å². The predicted octanol–water partition coefficient (Wildman–Crippen LogP) is 2.41. The summed E-state index contributed by atoms with van der Waals surface area (Å²) < 4.78 is 0. The van der Waals surface area contributed by atoms with Crippen LogP contribution in [0.4, 0.5) is 0 Å². The largest absolute Gasteiger partial charge is 0.338 e. The quantitative estimate of drug-likeness (QED) is 0.648. The van der Waals surface area contributed by atoms with Crippen molar-refractivity contribution in [1.29, 1.82) is 0 Å². The van der Waals surface area contributed by atoms with Crippen molar-refractivity contribution in [3.63, 3.8) is 0 Å². The minimum absolute atomic E-state index is 0.140. The van der Waals surface area contributed by atoms with Gasteiger partial charge in [-0.3, -0.25) is 4.79 Å². The van der Waals surface area contributed by atoms with E-state index in [1.54, 1.807) is 0 Å². The van der Waals surface area contributed by atoms with Gasteiger partial charge in [-0.2, -0.15) is 0 Å². The number of rotatable bonds is 2. The van der Waals surface area contributed by atoms with Gasteiger partial charge in [0.25, 0.3) is 0 Å². The molecular formula is C11H18ClNO. The molecule has 2 nitrogen and oxygen atoms in total. The molecule has 0 N–H and O–H groups in total. The van der Waals surface area contributed by atoms with Gasteiger partial charge in [0, 0.05) is 12.6 Å². The van der Waals surface area contributed by atoms with Crippen LogP contribution in [0.2, 0.25) is 0 Å². The Hall–Kier alpha value is -0.240. The molecule has 1 saturated carbocycles. The van der Waals surface area contributed by atoms with E-state index in [4.69, 9.17) is 11.6 Å². The second-order valence-electron chi connectivity index (χ2n) is 4.47. The van der Waals surface area contributed by atoms with E-state index >= 15 is 0 Å². The monoisotopic (exact) mass is 215 g/mol. The van der Waals surface area contributed by atoms with Gasteiger partial charge in [0.1, 0.15) is 5.88 Å². The number of hydrogen-bond acceptors (Lipinski definition) is 1. The lowest BCUT2D eigenvalue weighted by molar-refractivity contribution is -0.130. The van der Waals surface area contributed by atoms with E-state index in [0.29, 0.717) is 6.04 Å². The first kappa shape index (κ1) is 10.3. The summed E-state index contributed by atoms with van der Waals surface area (Å²) >= 11 is 5.61. The number of hydrogen-bond donors (Lipinski definition) is 0. The maximum absolute atomic E-state index is 11.6. The van der Waals surface area contributed by atoms with Gasteiger partial charge in [0.15, 0.2) is 0 Å². The molecule has 2 rings (SSSR count). The Labute approximate surface area is 90.6 Å². The van der Waals surface area contributed by atoms with Crippen LogP contribution >= 0.6 is 11.6 Å². The zero-order valence-electron chi connectivity index (χ0n) is 8.54. The molecule has 0 aromatic carbocycles. The van der Waals surface area contributed by atoms with Crippen molar-refractivity contribution in [3.05, 3.63) is 0 Å². The van der Waals surface area contributed by atoms with Crippen LogP contribution in [0.5, 0.6) is 0 Å². The molecule has 1 amide bonds. The first-order valence-electron chi connectivity index (χ1n) is 5.68. The van der Waals surface area contributed by atoms with Gasteiger partial charge in [0.05, 0.1) is 0 Å². The van der Waals surface area contributed by atoms with Gasteiger partial charge in [-0.25, -0.2) is 0 Å². The Morgan fingerprint density at radius 1 is 1.21 bits per heavy atom. The van der Waals surface area contributed by atoms with Gasteiger partial charge in [-0.1, -0.05) is 12.8 Å². The van der Waals surface area contributed by atoms with Crippen molar-refractivity contribution >= 4 is 17.5 Å². The standard InChI is InChI=1S/C11H18ClNO/c12-8-11(14)13-7-3-6-10(13)9-4-1-2-5-9/h9-10H,1-8H2. The molecule has 14 heavy (non-hydrogen) atoms. The van der Waals surface area contributed by atoms with Crippen LogP contribution in [0.15, 0.2) is 0 Å². The van der Waals surface area contributed by atoms with Crippen LogP contribution in [0.25, 0.3) is 0 Å². The van der Waals surface area contributed by atoms with Crippen molar-refractivity contribution in [3.8, 4) is 0 Å². The molecule has 2 aliphatic rings. The Morgan fingerprint density at radius 3 is 2.57 bits per heavy atom. The summed E-state index contributed by atoms with van der Waals surface area (Å²) in [6.45, 7) is 0.937. The topological polar surface area (TPSA) is 20.3 Å². The molecule has 1 heterocycles. The summed E-state index contributed by atoms with van der Waals surface area (Å²) in [4.78, 5) is 13.6. The number of carbonyl (C=O) groups excluding carboxylic acids is 1. The lowest BCUT2D eigenvalue weighted by Gasteiger charge is -2.28. The molecule has 0 aromatic rings. The highest BCUT2D eigenvalue weighted by atomic mass is 35.5. The van der Waals surface area contributed by atoms with Crippen LogP contribution in [0.3, 0.4) is 0 Å². The summed E-state index contributed by atoms with van der Waals surface area (Å²) in [5, 5.41) is 0. The van der Waals surface area contributed by atoms with Gasteiger partial charge >= 0.3 is 0 Å². The number of carbonyl (C=O) groups is 1. The van der Waals surface area contributed by atoms with Gasteiger partial charge in [-0.05, 0) is 31.6 Å². The van der Waals surface area contributed by atoms with E-state index in [0.717, 1.165) is 12.5 Å². The lowest BCUT2D eigenvalue weighted by Crippen LogP contribution is -2.40. The summed E-state index contributed by atoms with van der Waals surface area (Å²) in [7, 11) is 0. The molecule has 1 unspecified atom stereocenters. The van der Waals surface area contributed by atoms with Crippen LogP contribution in [0, 0.1) is 5.92 Å². The molecule has 0 bridgehead atoms. The molecule has 0 radical (unpaired) electrons. The summed E-state index contributed by atoms with van der Waals surface area (Å²) in [5.74, 6) is 1.06. The summed E-state index contributed by atoms with van der Waals surface area (Å²) in [5.41, 5.74) is 0. The highest BCUT2D eigenvalue weighted by Gasteiger charge is 2.35. The Bertz CT molecular complexity index is 213. The van der Waals surface area contributed by atoms with Crippen LogP contribution < -0.4 is 0 Å². The van der Waals surface area contributed by atoms with E-state index in [-0.39, 0.29) is 11.8 Å².